The van der Waals surface area contributed by atoms with Crippen molar-refractivity contribution in [2.45, 2.75) is 13.8 Å². The molecule has 0 unspecified atom stereocenters. The SMILES string of the molecule is Cc1c(-c2ccnc(-c3[c-]cccc3)c2)c2c3ccccc3oc2c2oc3ccccc3c12.Cc1ccc(-c2[c-]cccc2)nc1.[Ir]. The minimum Gasteiger partial charge on any atom is -0.452 e. The van der Waals surface area contributed by atoms with E-state index in [-0.39, 0.29) is 20.1 Å². The molecule has 0 spiro atoms. The number of furan rings is 2. The summed E-state index contributed by atoms with van der Waals surface area (Å²) in [4.78, 5) is 8.94. The first kappa shape index (κ1) is 30.3. The van der Waals surface area contributed by atoms with Crippen LogP contribution in [0.4, 0.5) is 0 Å². The van der Waals surface area contributed by atoms with E-state index in [1.165, 1.54) is 11.1 Å². The summed E-state index contributed by atoms with van der Waals surface area (Å²) < 4.78 is 12.8. The third kappa shape index (κ3) is 5.54. The molecule has 0 aliphatic carbocycles. The Morgan fingerprint density at radius 1 is 0.574 bits per heavy atom. The summed E-state index contributed by atoms with van der Waals surface area (Å²) in [5.74, 6) is 0. The first-order chi connectivity index (χ1) is 22.7. The zero-order chi connectivity index (χ0) is 31.0. The summed E-state index contributed by atoms with van der Waals surface area (Å²) in [6.07, 6.45) is 3.74. The quantitative estimate of drug-likeness (QED) is 0.167. The fourth-order valence-corrected chi connectivity index (χ4v) is 6.17. The molecule has 47 heavy (non-hydrogen) atoms. The summed E-state index contributed by atoms with van der Waals surface area (Å²) in [7, 11) is 0. The van der Waals surface area contributed by atoms with E-state index >= 15 is 0 Å². The standard InChI is InChI=1S/C30H18NO2.C12H10N.Ir/c1-18-26(20-15-16-31-23(17-20)19-9-3-2-4-10-19)28-22-12-6-8-14-25(22)33-30(28)29-27(18)21-11-5-7-13-24(21)32-29;1-10-7-8-12(13-9-10)11-5-3-2-4-6-11;/h2-9,11-17H,1H3;2-5,7-9H,1H3;/q2*-1;. The van der Waals surface area contributed by atoms with Crippen molar-refractivity contribution in [3.8, 4) is 33.6 Å². The zero-order valence-corrected chi connectivity index (χ0v) is 28.1. The van der Waals surface area contributed by atoms with Gasteiger partial charge in [-0.25, -0.2) is 0 Å². The molecule has 0 saturated carbocycles. The molecular formula is C42H28IrN2O2-2. The maximum Gasteiger partial charge on any atom is 0.179 e. The number of hydrogen-bond donors (Lipinski definition) is 0. The first-order valence-electron chi connectivity index (χ1n) is 15.2. The molecule has 9 rings (SSSR count). The molecule has 9 aromatic rings. The molecule has 229 valence electrons. The molecule has 4 nitrogen and oxygen atoms in total. The number of pyridine rings is 2. The Labute approximate surface area is 286 Å². The molecule has 0 atom stereocenters. The fraction of sp³-hybridized carbons (Fsp3) is 0.0476. The van der Waals surface area contributed by atoms with Gasteiger partial charge in [-0.1, -0.05) is 54.6 Å². The monoisotopic (exact) mass is 785 g/mol. The maximum atomic E-state index is 6.41. The van der Waals surface area contributed by atoms with Crippen LogP contribution >= 0.6 is 0 Å². The van der Waals surface area contributed by atoms with Gasteiger partial charge in [-0.3, -0.25) is 0 Å². The normalized spacial score (nSPS) is 11.0. The number of para-hydroxylation sites is 2. The topological polar surface area (TPSA) is 52.1 Å². The van der Waals surface area contributed by atoms with Crippen LogP contribution in [-0.4, -0.2) is 9.97 Å². The van der Waals surface area contributed by atoms with Crippen molar-refractivity contribution in [3.05, 3.63) is 157 Å². The Balaban J connectivity index is 0.000000212. The van der Waals surface area contributed by atoms with E-state index in [4.69, 9.17) is 8.83 Å². The maximum absolute atomic E-state index is 6.41. The molecule has 4 aromatic heterocycles. The molecule has 0 saturated heterocycles. The number of rotatable bonds is 3. The Morgan fingerprint density at radius 3 is 1.79 bits per heavy atom. The second kappa shape index (κ2) is 12.8. The molecule has 0 aliphatic heterocycles. The molecule has 5 heteroatoms. The van der Waals surface area contributed by atoms with Gasteiger partial charge in [0.2, 0.25) is 0 Å². The number of fused-ring (bicyclic) bond motifs is 7. The number of benzene rings is 5. The minimum atomic E-state index is 0. The number of nitrogens with zero attached hydrogens (tertiary/aromatic N) is 2. The summed E-state index contributed by atoms with van der Waals surface area (Å²) >= 11 is 0. The smallest absolute Gasteiger partial charge is 0.179 e. The summed E-state index contributed by atoms with van der Waals surface area (Å²) in [6.45, 7) is 4.21. The van der Waals surface area contributed by atoms with Crippen molar-refractivity contribution < 1.29 is 28.9 Å². The van der Waals surface area contributed by atoms with E-state index in [0.29, 0.717) is 0 Å². The summed E-state index contributed by atoms with van der Waals surface area (Å²) in [6, 6.07) is 46.9. The van der Waals surface area contributed by atoms with E-state index in [0.717, 1.165) is 77.5 Å². The summed E-state index contributed by atoms with van der Waals surface area (Å²) in [5, 5.41) is 4.34. The van der Waals surface area contributed by atoms with E-state index < -0.39 is 0 Å². The van der Waals surface area contributed by atoms with Crippen LogP contribution in [0.3, 0.4) is 0 Å². The van der Waals surface area contributed by atoms with Crippen molar-refractivity contribution in [1.82, 2.24) is 9.97 Å². The van der Waals surface area contributed by atoms with Crippen molar-refractivity contribution in [1.29, 1.82) is 0 Å². The Morgan fingerprint density at radius 2 is 1.17 bits per heavy atom. The zero-order valence-electron chi connectivity index (χ0n) is 25.7. The van der Waals surface area contributed by atoms with Gasteiger partial charge in [0.15, 0.2) is 11.2 Å². The van der Waals surface area contributed by atoms with Crippen LogP contribution in [0, 0.1) is 26.0 Å². The third-order valence-electron chi connectivity index (χ3n) is 8.33. The third-order valence-corrected chi connectivity index (χ3v) is 8.33. The van der Waals surface area contributed by atoms with Crippen LogP contribution in [0.5, 0.6) is 0 Å². The van der Waals surface area contributed by atoms with Crippen molar-refractivity contribution in [2.75, 3.05) is 0 Å². The van der Waals surface area contributed by atoms with Crippen molar-refractivity contribution in [2.24, 2.45) is 0 Å². The predicted octanol–water partition coefficient (Wildman–Crippen LogP) is 11.2. The van der Waals surface area contributed by atoms with Gasteiger partial charge in [-0.05, 0) is 65.7 Å². The molecule has 4 heterocycles. The van der Waals surface area contributed by atoms with Crippen LogP contribution in [0.1, 0.15) is 11.1 Å². The van der Waals surface area contributed by atoms with Crippen LogP contribution in [0.25, 0.3) is 77.5 Å². The molecule has 0 amide bonds. The van der Waals surface area contributed by atoms with Gasteiger partial charge in [0.05, 0.1) is 0 Å². The largest absolute Gasteiger partial charge is 0.452 e. The molecule has 0 N–H and O–H groups in total. The first-order valence-corrected chi connectivity index (χ1v) is 15.2. The van der Waals surface area contributed by atoms with Gasteiger partial charge in [-0.2, -0.15) is 0 Å². The van der Waals surface area contributed by atoms with E-state index in [9.17, 15) is 0 Å². The van der Waals surface area contributed by atoms with Gasteiger partial charge in [0.25, 0.3) is 0 Å². The molecule has 0 aliphatic rings. The second-order valence-electron chi connectivity index (χ2n) is 11.3. The second-order valence-corrected chi connectivity index (χ2v) is 11.3. The average molecular weight is 785 g/mol. The number of aromatic nitrogens is 2. The van der Waals surface area contributed by atoms with Crippen LogP contribution < -0.4 is 0 Å². The van der Waals surface area contributed by atoms with Crippen molar-refractivity contribution in [3.63, 3.8) is 0 Å². The van der Waals surface area contributed by atoms with Crippen molar-refractivity contribution >= 4 is 43.9 Å². The fourth-order valence-electron chi connectivity index (χ4n) is 6.17. The number of aryl methyl sites for hydroxylation is 2. The summed E-state index contributed by atoms with van der Waals surface area (Å²) in [5.41, 5.74) is 11.8. The number of hydrogen-bond acceptors (Lipinski definition) is 4. The van der Waals surface area contributed by atoms with Gasteiger partial charge < -0.3 is 18.8 Å². The Hall–Kier alpha value is -5.35. The van der Waals surface area contributed by atoms with Crippen LogP contribution in [-0.2, 0) is 20.1 Å². The van der Waals surface area contributed by atoms with E-state index in [1.54, 1.807) is 0 Å². The van der Waals surface area contributed by atoms with Gasteiger partial charge in [0, 0.05) is 54.0 Å². The molecule has 0 bridgehead atoms. The minimum absolute atomic E-state index is 0. The van der Waals surface area contributed by atoms with Gasteiger partial charge in [0.1, 0.15) is 11.2 Å². The van der Waals surface area contributed by atoms with Crippen LogP contribution in [0.15, 0.2) is 143 Å². The molecule has 0 fully saturated rings. The average Bonchev–Trinajstić information content (AvgIpc) is 3.70. The molecule has 1 radical (unpaired) electrons. The van der Waals surface area contributed by atoms with E-state index in [2.05, 4.69) is 71.5 Å². The molecular weight excluding hydrogens is 757 g/mol. The van der Waals surface area contributed by atoms with Gasteiger partial charge >= 0.3 is 0 Å². The molecule has 5 aromatic carbocycles. The van der Waals surface area contributed by atoms with E-state index in [1.807, 2.05) is 98.2 Å². The van der Waals surface area contributed by atoms with Crippen LogP contribution in [0.2, 0.25) is 0 Å². The Kier molecular flexibility index (Phi) is 8.26. The predicted molar refractivity (Wildman–Crippen MR) is 186 cm³/mol. The Bertz CT molecular complexity index is 2480. The van der Waals surface area contributed by atoms with Gasteiger partial charge in [-0.15, -0.1) is 71.8 Å².